The fourth-order valence-electron chi connectivity index (χ4n) is 0.743. The van der Waals surface area contributed by atoms with Crippen LogP contribution in [0, 0.1) is 0 Å². The molecule has 2 amide bonds. The molecular weight excluding hydrogens is 172 g/mol. The summed E-state index contributed by atoms with van der Waals surface area (Å²) in [6.07, 6.45) is 0. The molecule has 5 nitrogen and oxygen atoms in total. The Morgan fingerprint density at radius 2 is 1.92 bits per heavy atom. The molecule has 0 aliphatic heterocycles. The largest absolute Gasteiger partial charge is 0.511 e. The van der Waals surface area contributed by atoms with Crippen molar-refractivity contribution < 1.29 is 14.7 Å². The molecule has 5 heteroatoms. The Kier molecular flexibility index (Phi) is 4.58. The minimum atomic E-state index is -0.624. The summed E-state index contributed by atoms with van der Waals surface area (Å²) in [5.74, 6) is -0.689. The molecule has 0 rings (SSSR count). The van der Waals surface area contributed by atoms with Crippen LogP contribution in [0.3, 0.4) is 0 Å². The van der Waals surface area contributed by atoms with Gasteiger partial charge in [0.2, 0.25) is 11.8 Å². The minimum Gasteiger partial charge on any atom is -0.511 e. The van der Waals surface area contributed by atoms with Gasteiger partial charge in [0.15, 0.2) is 0 Å². The summed E-state index contributed by atoms with van der Waals surface area (Å²) >= 11 is 0. The van der Waals surface area contributed by atoms with Gasteiger partial charge in [-0.1, -0.05) is 6.58 Å². The van der Waals surface area contributed by atoms with E-state index in [0.717, 1.165) is 0 Å². The molecule has 0 saturated carbocycles. The second-order valence-corrected chi connectivity index (χ2v) is 2.68. The van der Waals surface area contributed by atoms with Crippen molar-refractivity contribution in [2.24, 2.45) is 0 Å². The Bertz CT molecular complexity index is 225. The van der Waals surface area contributed by atoms with Gasteiger partial charge in [-0.2, -0.15) is 0 Å². The number of amides is 2. The first-order chi connectivity index (χ1) is 5.93. The van der Waals surface area contributed by atoms with Crippen molar-refractivity contribution in [3.05, 3.63) is 12.3 Å². The van der Waals surface area contributed by atoms with Gasteiger partial charge in [0, 0.05) is 20.4 Å². The summed E-state index contributed by atoms with van der Waals surface area (Å²) in [6, 6.07) is -0.624. The number of rotatable bonds is 4. The average Bonchev–Trinajstić information content (AvgIpc) is 1.96. The smallest absolute Gasteiger partial charge is 0.217 e. The van der Waals surface area contributed by atoms with E-state index < -0.39 is 6.04 Å². The Morgan fingerprint density at radius 1 is 1.38 bits per heavy atom. The van der Waals surface area contributed by atoms with Crippen LogP contribution < -0.4 is 10.6 Å². The van der Waals surface area contributed by atoms with Crippen LogP contribution in [-0.4, -0.2) is 29.5 Å². The van der Waals surface area contributed by atoms with E-state index in [1.165, 1.54) is 13.8 Å². The van der Waals surface area contributed by atoms with E-state index in [2.05, 4.69) is 17.2 Å². The summed E-state index contributed by atoms with van der Waals surface area (Å²) in [5.41, 5.74) is 0. The quantitative estimate of drug-likeness (QED) is 0.527. The van der Waals surface area contributed by atoms with Crippen molar-refractivity contribution in [3.8, 4) is 0 Å². The normalized spacial score (nSPS) is 11.5. The first-order valence-corrected chi connectivity index (χ1v) is 3.82. The highest BCUT2D eigenvalue weighted by Gasteiger charge is 2.12. The summed E-state index contributed by atoms with van der Waals surface area (Å²) in [5, 5.41) is 13.9. The highest BCUT2D eigenvalue weighted by Crippen LogP contribution is 1.92. The number of aliphatic hydroxyl groups is 1. The van der Waals surface area contributed by atoms with Crippen molar-refractivity contribution in [1.82, 2.24) is 10.6 Å². The molecule has 0 saturated heterocycles. The van der Waals surface area contributed by atoms with E-state index in [0.29, 0.717) is 0 Å². The monoisotopic (exact) mass is 186 g/mol. The van der Waals surface area contributed by atoms with Gasteiger partial charge in [-0.25, -0.2) is 0 Å². The lowest BCUT2D eigenvalue weighted by atomic mass is 10.2. The summed E-state index contributed by atoms with van der Waals surface area (Å²) in [4.78, 5) is 21.1. The minimum absolute atomic E-state index is 0.143. The number of nitrogens with one attached hydrogen (secondary N) is 2. The van der Waals surface area contributed by atoms with Crippen LogP contribution in [-0.2, 0) is 9.59 Å². The van der Waals surface area contributed by atoms with Gasteiger partial charge in [0.05, 0.1) is 0 Å². The maximum absolute atomic E-state index is 10.6. The topological polar surface area (TPSA) is 78.4 Å². The highest BCUT2D eigenvalue weighted by molar-refractivity contribution is 5.74. The van der Waals surface area contributed by atoms with Gasteiger partial charge < -0.3 is 15.7 Å². The predicted molar refractivity (Wildman–Crippen MR) is 48.1 cm³/mol. The van der Waals surface area contributed by atoms with Crippen molar-refractivity contribution in [2.75, 3.05) is 6.54 Å². The van der Waals surface area contributed by atoms with E-state index in [1.807, 2.05) is 0 Å². The van der Waals surface area contributed by atoms with Crippen molar-refractivity contribution >= 4 is 11.8 Å². The van der Waals surface area contributed by atoms with Crippen LogP contribution in [0.15, 0.2) is 12.3 Å². The standard InChI is InChI=1S/C8H14N2O3/c1-5(11)8(10-7(3)13)4-9-6(2)12/h8,11H,1,4H2,2-3H3,(H,9,12)(H,10,13). The second-order valence-electron chi connectivity index (χ2n) is 2.68. The van der Waals surface area contributed by atoms with Crippen molar-refractivity contribution in [2.45, 2.75) is 19.9 Å². The average molecular weight is 186 g/mol. The molecular formula is C8H14N2O3. The Labute approximate surface area is 76.8 Å². The zero-order valence-electron chi connectivity index (χ0n) is 7.76. The predicted octanol–water partition coefficient (Wildman–Crippen LogP) is -0.301. The van der Waals surface area contributed by atoms with E-state index in [1.54, 1.807) is 0 Å². The van der Waals surface area contributed by atoms with Gasteiger partial charge in [-0.05, 0) is 0 Å². The molecule has 0 aromatic carbocycles. The Morgan fingerprint density at radius 3 is 2.23 bits per heavy atom. The first-order valence-electron chi connectivity index (χ1n) is 3.82. The lowest BCUT2D eigenvalue weighted by molar-refractivity contribution is -0.121. The summed E-state index contributed by atoms with van der Waals surface area (Å²) < 4.78 is 0. The van der Waals surface area contributed by atoms with Crippen molar-refractivity contribution in [1.29, 1.82) is 0 Å². The molecule has 3 N–H and O–H groups in total. The Balaban J connectivity index is 4.02. The van der Waals surface area contributed by atoms with Crippen molar-refractivity contribution in [3.63, 3.8) is 0 Å². The molecule has 0 heterocycles. The molecule has 0 aliphatic carbocycles. The maximum Gasteiger partial charge on any atom is 0.217 e. The molecule has 13 heavy (non-hydrogen) atoms. The molecule has 1 atom stereocenters. The number of carbonyl (C=O) groups excluding carboxylic acids is 2. The lowest BCUT2D eigenvalue weighted by Crippen LogP contribution is -2.43. The van der Waals surface area contributed by atoms with Crippen LogP contribution >= 0.6 is 0 Å². The molecule has 74 valence electrons. The zero-order valence-corrected chi connectivity index (χ0v) is 7.76. The van der Waals surface area contributed by atoms with Gasteiger partial charge >= 0.3 is 0 Å². The number of hydrogen-bond acceptors (Lipinski definition) is 3. The third-order valence-electron chi connectivity index (χ3n) is 1.33. The molecule has 0 aromatic heterocycles. The van der Waals surface area contributed by atoms with Crippen LogP contribution in [0.2, 0.25) is 0 Å². The van der Waals surface area contributed by atoms with E-state index in [-0.39, 0.29) is 24.1 Å². The summed E-state index contributed by atoms with van der Waals surface area (Å²) in [6.45, 7) is 6.09. The maximum atomic E-state index is 10.6. The highest BCUT2D eigenvalue weighted by atomic mass is 16.3. The van der Waals surface area contributed by atoms with Gasteiger partial charge in [0.25, 0.3) is 0 Å². The fraction of sp³-hybridized carbons (Fsp3) is 0.500. The first kappa shape index (κ1) is 11.5. The van der Waals surface area contributed by atoms with Crippen LogP contribution in [0.1, 0.15) is 13.8 Å². The molecule has 0 bridgehead atoms. The molecule has 0 spiro atoms. The fourth-order valence-corrected chi connectivity index (χ4v) is 0.743. The number of aliphatic hydroxyl groups excluding tert-OH is 1. The third kappa shape index (κ3) is 5.72. The molecule has 0 aliphatic rings. The molecule has 0 radical (unpaired) electrons. The van der Waals surface area contributed by atoms with Crippen LogP contribution in [0.25, 0.3) is 0 Å². The number of hydrogen-bond donors (Lipinski definition) is 3. The van der Waals surface area contributed by atoms with Crippen LogP contribution in [0.5, 0.6) is 0 Å². The van der Waals surface area contributed by atoms with E-state index >= 15 is 0 Å². The second kappa shape index (κ2) is 5.18. The van der Waals surface area contributed by atoms with E-state index in [9.17, 15) is 9.59 Å². The van der Waals surface area contributed by atoms with Gasteiger partial charge in [0.1, 0.15) is 11.8 Å². The third-order valence-corrected chi connectivity index (χ3v) is 1.33. The lowest BCUT2D eigenvalue weighted by Gasteiger charge is -2.16. The number of carbonyl (C=O) groups is 2. The molecule has 1 unspecified atom stereocenters. The van der Waals surface area contributed by atoms with Crippen LogP contribution in [0.4, 0.5) is 0 Å². The Hall–Kier alpha value is -1.52. The zero-order chi connectivity index (χ0) is 10.4. The van der Waals surface area contributed by atoms with Gasteiger partial charge in [-0.3, -0.25) is 9.59 Å². The van der Waals surface area contributed by atoms with E-state index in [4.69, 9.17) is 5.11 Å². The molecule has 0 aromatic rings. The summed E-state index contributed by atoms with van der Waals surface area (Å²) in [7, 11) is 0. The van der Waals surface area contributed by atoms with Gasteiger partial charge in [-0.15, -0.1) is 0 Å². The SMILES string of the molecule is C=C(O)C(CNC(C)=O)NC(C)=O. The molecule has 0 fully saturated rings.